The number of piperidine rings is 1. The lowest BCUT2D eigenvalue weighted by molar-refractivity contribution is 0.102. The van der Waals surface area contributed by atoms with Crippen LogP contribution < -0.4 is 15.0 Å². The lowest BCUT2D eigenvalue weighted by Crippen LogP contribution is -2.35. The lowest BCUT2D eigenvalue weighted by Gasteiger charge is -2.32. The van der Waals surface area contributed by atoms with Crippen molar-refractivity contribution in [1.82, 2.24) is 10.2 Å². The summed E-state index contributed by atoms with van der Waals surface area (Å²) in [6.07, 6.45) is 3.39. The molecule has 2 heterocycles. The number of anilines is 2. The van der Waals surface area contributed by atoms with Gasteiger partial charge in [0.2, 0.25) is 0 Å². The highest BCUT2D eigenvalue weighted by atomic mass is 16.5. The van der Waals surface area contributed by atoms with Gasteiger partial charge in [-0.05, 0) is 61.9 Å². The predicted molar refractivity (Wildman–Crippen MR) is 123 cm³/mol. The number of carbonyl (C=O) groups excluding carboxylic acids is 1. The van der Waals surface area contributed by atoms with Gasteiger partial charge in [0.05, 0.1) is 12.3 Å². The van der Waals surface area contributed by atoms with Crippen molar-refractivity contribution < 1.29 is 9.53 Å². The SMILES string of the molecule is CCOc1ccccc1NC(=O)c1ccc(N2CCC(Cc3ccccc3)CC2)nn1. The van der Waals surface area contributed by atoms with E-state index < -0.39 is 0 Å². The number of benzene rings is 2. The molecule has 2 aromatic carbocycles. The van der Waals surface area contributed by atoms with Gasteiger partial charge < -0.3 is 15.0 Å². The second-order valence-corrected chi connectivity index (χ2v) is 7.78. The molecule has 31 heavy (non-hydrogen) atoms. The van der Waals surface area contributed by atoms with Crippen molar-refractivity contribution in [2.24, 2.45) is 5.92 Å². The third-order valence-electron chi connectivity index (χ3n) is 5.62. The van der Waals surface area contributed by atoms with E-state index in [-0.39, 0.29) is 11.6 Å². The second kappa shape index (κ2) is 10.1. The molecule has 0 saturated carbocycles. The van der Waals surface area contributed by atoms with E-state index >= 15 is 0 Å². The summed E-state index contributed by atoms with van der Waals surface area (Å²) in [6.45, 7) is 4.36. The van der Waals surface area contributed by atoms with E-state index in [1.807, 2.05) is 37.3 Å². The summed E-state index contributed by atoms with van der Waals surface area (Å²) in [4.78, 5) is 14.8. The predicted octanol–water partition coefficient (Wildman–Crippen LogP) is 4.59. The van der Waals surface area contributed by atoms with Gasteiger partial charge in [0.25, 0.3) is 5.91 Å². The van der Waals surface area contributed by atoms with Gasteiger partial charge in [0, 0.05) is 13.1 Å². The van der Waals surface area contributed by atoms with Crippen molar-refractivity contribution in [3.63, 3.8) is 0 Å². The molecule has 6 heteroatoms. The maximum atomic E-state index is 12.6. The molecule has 160 valence electrons. The van der Waals surface area contributed by atoms with Crippen LogP contribution in [0.25, 0.3) is 0 Å². The minimum atomic E-state index is -0.298. The number of hydrogen-bond acceptors (Lipinski definition) is 5. The van der Waals surface area contributed by atoms with Crippen molar-refractivity contribution in [3.05, 3.63) is 78.0 Å². The Bertz CT molecular complexity index is 984. The summed E-state index contributed by atoms with van der Waals surface area (Å²) < 4.78 is 5.56. The number of amides is 1. The van der Waals surface area contributed by atoms with E-state index in [9.17, 15) is 4.79 Å². The quantitative estimate of drug-likeness (QED) is 0.610. The van der Waals surface area contributed by atoms with Crippen LogP contribution in [0, 0.1) is 5.92 Å². The maximum Gasteiger partial charge on any atom is 0.276 e. The van der Waals surface area contributed by atoms with E-state index in [0.717, 1.165) is 38.2 Å². The van der Waals surface area contributed by atoms with Crippen molar-refractivity contribution in [2.45, 2.75) is 26.2 Å². The Morgan fingerprint density at radius 1 is 1.00 bits per heavy atom. The van der Waals surface area contributed by atoms with E-state index in [4.69, 9.17) is 4.74 Å². The number of carbonyl (C=O) groups is 1. The minimum Gasteiger partial charge on any atom is -0.492 e. The second-order valence-electron chi connectivity index (χ2n) is 7.78. The summed E-state index contributed by atoms with van der Waals surface area (Å²) in [6, 6.07) is 21.7. The third-order valence-corrected chi connectivity index (χ3v) is 5.62. The summed E-state index contributed by atoms with van der Waals surface area (Å²) in [5.74, 6) is 1.86. The molecule has 0 aliphatic carbocycles. The monoisotopic (exact) mass is 416 g/mol. The first-order valence-corrected chi connectivity index (χ1v) is 10.9. The normalized spacial score (nSPS) is 14.3. The highest BCUT2D eigenvalue weighted by Crippen LogP contribution is 2.26. The molecule has 0 radical (unpaired) electrons. The van der Waals surface area contributed by atoms with Crippen LogP contribution in [0.1, 0.15) is 35.8 Å². The number of hydrogen-bond donors (Lipinski definition) is 1. The Hall–Kier alpha value is -3.41. The fourth-order valence-corrected chi connectivity index (χ4v) is 3.97. The number of para-hydroxylation sites is 2. The topological polar surface area (TPSA) is 67.3 Å². The van der Waals surface area contributed by atoms with Gasteiger partial charge in [-0.15, -0.1) is 10.2 Å². The van der Waals surface area contributed by atoms with Crippen LogP contribution in [-0.4, -0.2) is 35.8 Å². The zero-order valence-corrected chi connectivity index (χ0v) is 17.8. The lowest BCUT2D eigenvalue weighted by atomic mass is 9.90. The van der Waals surface area contributed by atoms with Crippen molar-refractivity contribution >= 4 is 17.4 Å². The molecule has 0 bridgehead atoms. The van der Waals surface area contributed by atoms with E-state index in [1.54, 1.807) is 6.07 Å². The van der Waals surface area contributed by atoms with E-state index in [2.05, 4.69) is 50.7 Å². The largest absolute Gasteiger partial charge is 0.492 e. The van der Waals surface area contributed by atoms with Crippen LogP contribution in [-0.2, 0) is 6.42 Å². The fourth-order valence-electron chi connectivity index (χ4n) is 3.97. The first-order chi connectivity index (χ1) is 15.2. The van der Waals surface area contributed by atoms with Crippen LogP contribution in [0.15, 0.2) is 66.7 Å². The Morgan fingerprint density at radius 2 is 1.74 bits per heavy atom. The molecule has 1 saturated heterocycles. The summed E-state index contributed by atoms with van der Waals surface area (Å²) >= 11 is 0. The number of nitrogens with zero attached hydrogens (tertiary/aromatic N) is 3. The fraction of sp³-hybridized carbons (Fsp3) is 0.320. The Kier molecular flexibility index (Phi) is 6.77. The van der Waals surface area contributed by atoms with E-state index in [0.29, 0.717) is 24.0 Å². The molecule has 1 aliphatic rings. The summed E-state index contributed by atoms with van der Waals surface area (Å²) in [7, 11) is 0. The Morgan fingerprint density at radius 3 is 2.45 bits per heavy atom. The highest BCUT2D eigenvalue weighted by molar-refractivity contribution is 6.03. The van der Waals surface area contributed by atoms with Crippen LogP contribution in [0.2, 0.25) is 0 Å². The van der Waals surface area contributed by atoms with E-state index in [1.165, 1.54) is 5.56 Å². The maximum absolute atomic E-state index is 12.6. The third kappa shape index (κ3) is 5.40. The van der Waals surface area contributed by atoms with Gasteiger partial charge in [-0.1, -0.05) is 42.5 Å². The molecule has 0 atom stereocenters. The first kappa shape index (κ1) is 20.8. The summed E-state index contributed by atoms with van der Waals surface area (Å²) in [5, 5.41) is 11.3. The van der Waals surface area contributed by atoms with Crippen molar-refractivity contribution in [3.8, 4) is 5.75 Å². The van der Waals surface area contributed by atoms with Gasteiger partial charge in [0.1, 0.15) is 5.75 Å². The average molecular weight is 417 g/mol. The van der Waals surface area contributed by atoms with Crippen LogP contribution in [0.4, 0.5) is 11.5 Å². The van der Waals surface area contributed by atoms with Crippen LogP contribution >= 0.6 is 0 Å². The number of rotatable bonds is 7. The average Bonchev–Trinajstić information content (AvgIpc) is 2.82. The van der Waals surface area contributed by atoms with Gasteiger partial charge in [-0.25, -0.2) is 0 Å². The van der Waals surface area contributed by atoms with Gasteiger partial charge >= 0.3 is 0 Å². The molecule has 1 N–H and O–H groups in total. The van der Waals surface area contributed by atoms with Gasteiger partial charge in [0.15, 0.2) is 11.5 Å². The molecular weight excluding hydrogens is 388 g/mol. The van der Waals surface area contributed by atoms with Crippen molar-refractivity contribution in [2.75, 3.05) is 29.9 Å². The molecule has 3 aromatic rings. The van der Waals surface area contributed by atoms with Gasteiger partial charge in [-0.2, -0.15) is 0 Å². The molecule has 4 rings (SSSR count). The molecular formula is C25H28N4O2. The number of aromatic nitrogens is 2. The smallest absolute Gasteiger partial charge is 0.276 e. The van der Waals surface area contributed by atoms with Crippen LogP contribution in [0.3, 0.4) is 0 Å². The summed E-state index contributed by atoms with van der Waals surface area (Å²) in [5.41, 5.74) is 2.32. The molecule has 0 spiro atoms. The molecule has 0 unspecified atom stereocenters. The molecule has 1 aliphatic heterocycles. The highest BCUT2D eigenvalue weighted by Gasteiger charge is 2.21. The van der Waals surface area contributed by atoms with Gasteiger partial charge in [-0.3, -0.25) is 4.79 Å². The zero-order chi connectivity index (χ0) is 21.5. The standard InChI is InChI=1S/C25H28N4O2/c1-2-31-23-11-7-6-10-21(23)26-25(30)22-12-13-24(28-27-22)29-16-14-20(15-17-29)18-19-8-4-3-5-9-19/h3-13,20H,2,14-18H2,1H3,(H,26,30). The molecule has 6 nitrogen and oxygen atoms in total. The Labute approximate surface area is 183 Å². The zero-order valence-electron chi connectivity index (χ0n) is 17.8. The first-order valence-electron chi connectivity index (χ1n) is 10.9. The molecule has 1 fully saturated rings. The number of nitrogens with one attached hydrogen (secondary N) is 1. The van der Waals surface area contributed by atoms with Crippen LogP contribution in [0.5, 0.6) is 5.75 Å². The Balaban J connectivity index is 1.33. The molecule has 1 amide bonds. The molecule has 1 aromatic heterocycles. The number of ether oxygens (including phenoxy) is 1. The van der Waals surface area contributed by atoms with Crippen molar-refractivity contribution in [1.29, 1.82) is 0 Å². The minimum absolute atomic E-state index is 0.286.